The Morgan fingerprint density at radius 2 is 1.47 bits per heavy atom. The summed E-state index contributed by atoms with van der Waals surface area (Å²) in [7, 11) is 0. The Morgan fingerprint density at radius 3 is 2.10 bits per heavy atom. The molecule has 0 unspecified atom stereocenters. The molecule has 30 heavy (non-hydrogen) atoms. The third kappa shape index (κ3) is 2.02. The minimum absolute atomic E-state index is 0.191. The van der Waals surface area contributed by atoms with Crippen LogP contribution in [-0.2, 0) is 14.5 Å². The van der Waals surface area contributed by atoms with Gasteiger partial charge in [0.15, 0.2) is 0 Å². The number of amides is 2. The first kappa shape index (κ1) is 18.2. The number of anilines is 1. The Hall–Kier alpha value is -2.62. The summed E-state index contributed by atoms with van der Waals surface area (Å²) >= 11 is 13.6. The first-order valence-electron chi connectivity index (χ1n) is 9.96. The summed E-state index contributed by atoms with van der Waals surface area (Å²) in [5.74, 6) is -1.82. The van der Waals surface area contributed by atoms with E-state index in [1.165, 1.54) is 4.90 Å². The molecule has 5 heteroatoms. The van der Waals surface area contributed by atoms with Gasteiger partial charge in [0.1, 0.15) is 4.87 Å². The molecule has 3 aromatic carbocycles. The standard InChI is InChI=1S/C25H17Cl2NO2/c1-13-10-11-14(26)12-19(13)28-23(29)21-20-15-6-2-4-8-17(15)25(27,22(21)24(28)30)18-9-5-3-7-16(18)20/h2-12,20-22H,1H3/t20?,21-,22+,25?/m1/s1. The second kappa shape index (κ2) is 5.96. The Morgan fingerprint density at radius 1 is 0.867 bits per heavy atom. The third-order valence-electron chi connectivity index (χ3n) is 6.93. The molecular weight excluding hydrogens is 417 g/mol. The van der Waals surface area contributed by atoms with Crippen molar-refractivity contribution in [3.8, 4) is 0 Å². The lowest BCUT2D eigenvalue weighted by Crippen LogP contribution is -2.50. The van der Waals surface area contributed by atoms with Crippen LogP contribution in [0.1, 0.15) is 33.7 Å². The molecule has 3 aliphatic carbocycles. The van der Waals surface area contributed by atoms with E-state index in [4.69, 9.17) is 23.2 Å². The van der Waals surface area contributed by atoms with Crippen molar-refractivity contribution in [2.45, 2.75) is 17.7 Å². The Bertz CT molecular complexity index is 1220. The van der Waals surface area contributed by atoms with Gasteiger partial charge >= 0.3 is 0 Å². The lowest BCUT2D eigenvalue weighted by Gasteiger charge is -2.50. The van der Waals surface area contributed by atoms with Crippen molar-refractivity contribution in [3.63, 3.8) is 0 Å². The normalized spacial score (nSPS) is 28.4. The lowest BCUT2D eigenvalue weighted by molar-refractivity contribution is -0.122. The molecular formula is C25H17Cl2NO2. The summed E-state index contributed by atoms with van der Waals surface area (Å²) in [5, 5.41) is 0.487. The van der Waals surface area contributed by atoms with Gasteiger partial charge in [0.25, 0.3) is 0 Å². The first-order valence-corrected chi connectivity index (χ1v) is 10.7. The fourth-order valence-corrected chi connectivity index (χ4v) is 6.48. The maximum absolute atomic E-state index is 13.8. The van der Waals surface area contributed by atoms with Crippen LogP contribution in [0.15, 0.2) is 66.7 Å². The average molecular weight is 434 g/mol. The van der Waals surface area contributed by atoms with E-state index in [1.807, 2.05) is 61.5 Å². The van der Waals surface area contributed by atoms with Crippen LogP contribution in [0.4, 0.5) is 5.69 Å². The van der Waals surface area contributed by atoms with Crippen LogP contribution in [0.25, 0.3) is 0 Å². The number of benzene rings is 3. The highest BCUT2D eigenvalue weighted by Gasteiger charge is 2.68. The van der Waals surface area contributed by atoms with Gasteiger partial charge in [-0.25, -0.2) is 4.90 Å². The zero-order valence-corrected chi connectivity index (χ0v) is 17.6. The van der Waals surface area contributed by atoms with E-state index in [2.05, 4.69) is 0 Å². The van der Waals surface area contributed by atoms with Gasteiger partial charge < -0.3 is 0 Å². The number of carbonyl (C=O) groups excluding carboxylic acids is 2. The highest BCUT2D eigenvalue weighted by atomic mass is 35.5. The minimum Gasteiger partial charge on any atom is -0.274 e. The largest absolute Gasteiger partial charge is 0.274 e. The smallest absolute Gasteiger partial charge is 0.240 e. The van der Waals surface area contributed by atoms with E-state index in [0.29, 0.717) is 10.7 Å². The first-order chi connectivity index (χ1) is 14.4. The SMILES string of the molecule is Cc1ccc(Cl)cc1N1C(=O)[C@@H]2C3c4ccccc4C(Cl)(c4ccccc43)[C@@H]2C1=O. The lowest BCUT2D eigenvalue weighted by atomic mass is 9.54. The molecule has 0 aromatic heterocycles. The number of carbonyl (C=O) groups is 2. The molecule has 3 nitrogen and oxygen atoms in total. The molecule has 2 amide bonds. The van der Waals surface area contributed by atoms with Crippen molar-refractivity contribution in [1.29, 1.82) is 0 Å². The highest BCUT2D eigenvalue weighted by molar-refractivity contribution is 6.34. The number of halogens is 2. The number of nitrogens with zero attached hydrogens (tertiary/aromatic N) is 1. The molecule has 1 aliphatic heterocycles. The van der Waals surface area contributed by atoms with Gasteiger partial charge in [0.05, 0.1) is 17.5 Å². The van der Waals surface area contributed by atoms with Crippen LogP contribution in [0.3, 0.4) is 0 Å². The van der Waals surface area contributed by atoms with Crippen LogP contribution >= 0.6 is 23.2 Å². The van der Waals surface area contributed by atoms with Crippen LogP contribution < -0.4 is 4.90 Å². The number of aryl methyl sites for hydroxylation is 1. The summed E-state index contributed by atoms with van der Waals surface area (Å²) in [4.78, 5) is 27.8. The fourth-order valence-electron chi connectivity index (χ4n) is 5.74. The molecule has 148 valence electrons. The van der Waals surface area contributed by atoms with Crippen molar-refractivity contribution in [2.24, 2.45) is 11.8 Å². The molecule has 0 spiro atoms. The molecule has 2 atom stereocenters. The Kier molecular flexibility index (Phi) is 3.61. The van der Waals surface area contributed by atoms with Crippen molar-refractivity contribution < 1.29 is 9.59 Å². The van der Waals surface area contributed by atoms with E-state index in [-0.39, 0.29) is 17.7 Å². The summed E-state index contributed by atoms with van der Waals surface area (Å²) in [6.07, 6.45) is 0. The van der Waals surface area contributed by atoms with Crippen LogP contribution in [0.5, 0.6) is 0 Å². The number of hydrogen-bond acceptors (Lipinski definition) is 2. The second-order valence-electron chi connectivity index (χ2n) is 8.31. The maximum Gasteiger partial charge on any atom is 0.240 e. The summed E-state index contributed by atoms with van der Waals surface area (Å²) < 4.78 is 0. The Labute approximate surface area is 184 Å². The quantitative estimate of drug-likeness (QED) is 0.380. The van der Waals surface area contributed by atoms with Crippen molar-refractivity contribution >= 4 is 40.7 Å². The molecule has 0 N–H and O–H groups in total. The van der Waals surface area contributed by atoms with Gasteiger partial charge in [-0.15, -0.1) is 11.6 Å². The zero-order chi connectivity index (χ0) is 20.8. The van der Waals surface area contributed by atoms with Gasteiger partial charge in [-0.3, -0.25) is 9.59 Å². The second-order valence-corrected chi connectivity index (χ2v) is 9.34. The molecule has 7 rings (SSSR count). The summed E-state index contributed by atoms with van der Waals surface area (Å²) in [5.41, 5.74) is 5.31. The number of imide groups is 1. The molecule has 3 aromatic rings. The number of hydrogen-bond donors (Lipinski definition) is 0. The molecule has 0 radical (unpaired) electrons. The molecule has 4 aliphatic rings. The van der Waals surface area contributed by atoms with Crippen LogP contribution in [0.2, 0.25) is 5.02 Å². The monoisotopic (exact) mass is 433 g/mol. The van der Waals surface area contributed by atoms with E-state index in [9.17, 15) is 9.59 Å². The zero-order valence-electron chi connectivity index (χ0n) is 16.1. The predicted molar refractivity (Wildman–Crippen MR) is 117 cm³/mol. The fraction of sp³-hybridized carbons (Fsp3) is 0.200. The molecule has 1 fully saturated rings. The number of rotatable bonds is 1. The van der Waals surface area contributed by atoms with Gasteiger partial charge in [0.2, 0.25) is 11.8 Å². The molecule has 2 bridgehead atoms. The van der Waals surface area contributed by atoms with E-state index < -0.39 is 16.7 Å². The molecule has 1 saturated heterocycles. The van der Waals surface area contributed by atoms with Crippen molar-refractivity contribution in [3.05, 3.63) is 99.6 Å². The predicted octanol–water partition coefficient (Wildman–Crippen LogP) is 5.40. The van der Waals surface area contributed by atoms with Gasteiger partial charge in [-0.2, -0.15) is 0 Å². The van der Waals surface area contributed by atoms with Gasteiger partial charge in [-0.05, 0) is 46.9 Å². The average Bonchev–Trinajstić information content (AvgIpc) is 3.02. The van der Waals surface area contributed by atoms with E-state index in [1.54, 1.807) is 12.1 Å². The third-order valence-corrected chi connectivity index (χ3v) is 7.80. The van der Waals surface area contributed by atoms with Gasteiger partial charge in [-0.1, -0.05) is 66.2 Å². The van der Waals surface area contributed by atoms with Crippen LogP contribution in [0, 0.1) is 18.8 Å². The van der Waals surface area contributed by atoms with E-state index in [0.717, 1.165) is 27.8 Å². The van der Waals surface area contributed by atoms with Gasteiger partial charge in [0, 0.05) is 10.9 Å². The minimum atomic E-state index is -1.07. The van der Waals surface area contributed by atoms with Crippen molar-refractivity contribution in [1.82, 2.24) is 0 Å². The van der Waals surface area contributed by atoms with E-state index >= 15 is 0 Å². The summed E-state index contributed by atoms with van der Waals surface area (Å²) in [6.45, 7) is 1.88. The topological polar surface area (TPSA) is 37.4 Å². The highest BCUT2D eigenvalue weighted by Crippen LogP contribution is 2.65. The molecule has 0 saturated carbocycles. The van der Waals surface area contributed by atoms with Crippen molar-refractivity contribution in [2.75, 3.05) is 4.90 Å². The van der Waals surface area contributed by atoms with Crippen LogP contribution in [-0.4, -0.2) is 11.8 Å². The summed E-state index contributed by atoms with van der Waals surface area (Å²) in [6, 6.07) is 21.2. The molecule has 1 heterocycles. The Balaban J connectivity index is 1.63. The maximum atomic E-state index is 13.8. The number of alkyl halides is 1.